The number of nitrogens with one attached hydrogen (secondary N) is 1. The van der Waals surface area contributed by atoms with Crippen LogP contribution in [0.5, 0.6) is 0 Å². The molecule has 0 unspecified atom stereocenters. The van der Waals surface area contributed by atoms with Gasteiger partial charge in [-0.15, -0.1) is 0 Å². The van der Waals surface area contributed by atoms with Crippen LogP contribution in [-0.4, -0.2) is 22.2 Å². The van der Waals surface area contributed by atoms with Crippen molar-refractivity contribution in [3.8, 4) is 0 Å². The molecule has 0 radical (unpaired) electrons. The van der Waals surface area contributed by atoms with Crippen molar-refractivity contribution in [3.63, 3.8) is 0 Å². The van der Waals surface area contributed by atoms with E-state index in [1.807, 2.05) is 24.3 Å². The highest BCUT2D eigenvalue weighted by molar-refractivity contribution is 6.30. The molecule has 4 aromatic rings. The molecule has 1 aromatic heterocycles. The zero-order valence-corrected chi connectivity index (χ0v) is 19.4. The molecule has 1 aliphatic heterocycles. The number of nitrogens with zero attached hydrogens (tertiary/aromatic N) is 2. The first-order chi connectivity index (χ1) is 16.5. The van der Waals surface area contributed by atoms with Gasteiger partial charge in [-0.3, -0.25) is 14.8 Å². The van der Waals surface area contributed by atoms with E-state index in [9.17, 15) is 9.18 Å². The van der Waals surface area contributed by atoms with Gasteiger partial charge in [-0.25, -0.2) is 4.39 Å². The Morgan fingerprint density at radius 1 is 0.912 bits per heavy atom. The van der Waals surface area contributed by atoms with E-state index in [4.69, 9.17) is 27.9 Å². The minimum Gasteiger partial charge on any atom is -0.358 e. The van der Waals surface area contributed by atoms with E-state index in [-0.39, 0.29) is 11.7 Å². The second-order valence-electron chi connectivity index (χ2n) is 8.09. The zero-order chi connectivity index (χ0) is 23.7. The molecule has 34 heavy (non-hydrogen) atoms. The molecule has 5 nitrogen and oxygen atoms in total. The fraction of sp³-hybridized carbons (Fsp3) is 0.154. The van der Waals surface area contributed by atoms with Crippen LogP contribution in [0.1, 0.15) is 28.8 Å². The van der Waals surface area contributed by atoms with Gasteiger partial charge >= 0.3 is 0 Å². The van der Waals surface area contributed by atoms with Gasteiger partial charge in [0, 0.05) is 22.7 Å². The number of anilines is 1. The molecule has 0 spiro atoms. The van der Waals surface area contributed by atoms with Gasteiger partial charge < -0.3 is 4.74 Å². The van der Waals surface area contributed by atoms with Crippen molar-refractivity contribution < 1.29 is 13.9 Å². The Balaban J connectivity index is 1.61. The summed E-state index contributed by atoms with van der Waals surface area (Å²) in [5, 5.41) is 8.06. The molecule has 3 aromatic carbocycles. The molecule has 1 amide bonds. The highest BCUT2D eigenvalue weighted by Gasteiger charge is 2.45. The highest BCUT2D eigenvalue weighted by Crippen LogP contribution is 2.44. The van der Waals surface area contributed by atoms with Gasteiger partial charge in [0.1, 0.15) is 18.0 Å². The Bertz CT molecular complexity index is 1260. The lowest BCUT2D eigenvalue weighted by molar-refractivity contribution is -0.144. The van der Waals surface area contributed by atoms with E-state index in [0.717, 1.165) is 16.7 Å². The molecule has 5 rings (SSSR count). The largest absolute Gasteiger partial charge is 0.358 e. The average Bonchev–Trinajstić information content (AvgIpc) is 3.37. The lowest BCUT2D eigenvalue weighted by atomic mass is 9.90. The number of carbonyl (C=O) groups excluding carboxylic acids is 1. The summed E-state index contributed by atoms with van der Waals surface area (Å²) in [4.78, 5) is 15.5. The zero-order valence-electron chi connectivity index (χ0n) is 17.9. The Hall–Kier alpha value is -3.19. The molecule has 0 bridgehead atoms. The van der Waals surface area contributed by atoms with Crippen LogP contribution in [-0.2, 0) is 16.0 Å². The molecule has 2 heterocycles. The van der Waals surface area contributed by atoms with Crippen LogP contribution in [0.2, 0.25) is 10.0 Å². The quantitative estimate of drug-likeness (QED) is 0.352. The second kappa shape index (κ2) is 9.58. The molecular formula is C26H20Cl2FN3O2. The summed E-state index contributed by atoms with van der Waals surface area (Å²) < 4.78 is 19.9. The van der Waals surface area contributed by atoms with E-state index in [1.165, 1.54) is 12.1 Å². The van der Waals surface area contributed by atoms with Crippen molar-refractivity contribution in [2.75, 3.05) is 4.90 Å². The lowest BCUT2D eigenvalue weighted by Crippen LogP contribution is -2.51. The smallest absolute Gasteiger partial charge is 0.257 e. The number of aromatic amines is 1. The van der Waals surface area contributed by atoms with E-state index >= 15 is 0 Å². The maximum absolute atomic E-state index is 13.8. The molecule has 8 heteroatoms. The molecule has 0 aliphatic carbocycles. The number of aromatic nitrogens is 2. The van der Waals surface area contributed by atoms with E-state index in [0.29, 0.717) is 22.2 Å². The van der Waals surface area contributed by atoms with Gasteiger partial charge in [0.2, 0.25) is 0 Å². The number of ether oxygens (including phenoxy) is 1. The van der Waals surface area contributed by atoms with Crippen LogP contribution in [0.25, 0.3) is 0 Å². The molecule has 1 aliphatic rings. The van der Waals surface area contributed by atoms with Crippen molar-refractivity contribution in [1.82, 2.24) is 10.2 Å². The summed E-state index contributed by atoms with van der Waals surface area (Å²) in [6.45, 7) is 0. The standard InChI is InChI=1S/C26H20Cl2FN3O2/c27-19-7-3-17(4-8-19)24-25(18-5-9-20(28)10-6-18)34-23(13-16-1-11-21(29)12-2-16)26(33)32(24)22-14-30-31-15-22/h1-12,14-15,23-25H,13H2,(H,30,31)/t23-,24+,25-/m1/s1. The summed E-state index contributed by atoms with van der Waals surface area (Å²) in [6.07, 6.45) is 2.30. The molecular weight excluding hydrogens is 476 g/mol. The minimum atomic E-state index is -0.787. The summed E-state index contributed by atoms with van der Waals surface area (Å²) in [5.41, 5.74) is 3.15. The Labute approximate surface area is 206 Å². The van der Waals surface area contributed by atoms with Crippen molar-refractivity contribution in [1.29, 1.82) is 0 Å². The van der Waals surface area contributed by atoms with Crippen molar-refractivity contribution in [3.05, 3.63) is 118 Å². The van der Waals surface area contributed by atoms with E-state index in [1.54, 1.807) is 53.7 Å². The van der Waals surface area contributed by atoms with Gasteiger partial charge in [-0.2, -0.15) is 5.10 Å². The number of carbonyl (C=O) groups is 1. The summed E-state index contributed by atoms with van der Waals surface area (Å²) in [7, 11) is 0. The third-order valence-corrected chi connectivity index (χ3v) is 6.40. The van der Waals surface area contributed by atoms with Crippen LogP contribution < -0.4 is 4.90 Å². The number of hydrogen-bond donors (Lipinski definition) is 1. The maximum Gasteiger partial charge on any atom is 0.257 e. The highest BCUT2D eigenvalue weighted by atomic mass is 35.5. The van der Waals surface area contributed by atoms with E-state index in [2.05, 4.69) is 10.2 Å². The number of benzene rings is 3. The maximum atomic E-state index is 13.8. The number of hydrogen-bond acceptors (Lipinski definition) is 3. The van der Waals surface area contributed by atoms with Gasteiger partial charge in [0.25, 0.3) is 5.91 Å². The van der Waals surface area contributed by atoms with Crippen molar-refractivity contribution in [2.45, 2.75) is 24.7 Å². The second-order valence-corrected chi connectivity index (χ2v) is 8.96. The molecule has 1 N–H and O–H groups in total. The molecule has 0 saturated carbocycles. The monoisotopic (exact) mass is 495 g/mol. The number of H-pyrrole nitrogens is 1. The fourth-order valence-electron chi connectivity index (χ4n) is 4.27. The van der Waals surface area contributed by atoms with Gasteiger partial charge in [0.15, 0.2) is 0 Å². The fourth-order valence-corrected chi connectivity index (χ4v) is 4.52. The third-order valence-electron chi connectivity index (χ3n) is 5.90. The van der Waals surface area contributed by atoms with Crippen molar-refractivity contribution in [2.24, 2.45) is 0 Å². The predicted octanol–water partition coefficient (Wildman–Crippen LogP) is 6.31. The normalized spacial score (nSPS) is 20.5. The van der Waals surface area contributed by atoms with Gasteiger partial charge in [-0.1, -0.05) is 59.6 Å². The number of rotatable bonds is 5. The van der Waals surface area contributed by atoms with Crippen molar-refractivity contribution >= 4 is 34.8 Å². The minimum absolute atomic E-state index is 0.212. The molecule has 1 saturated heterocycles. The SMILES string of the molecule is O=C1[C@@H](Cc2ccc(F)cc2)O[C@H](c2ccc(Cl)cc2)[C@H](c2ccc(Cl)cc2)N1c1cn[nH]c1. The van der Waals surface area contributed by atoms with Crippen LogP contribution in [0, 0.1) is 5.82 Å². The van der Waals surface area contributed by atoms with E-state index < -0.39 is 18.2 Å². The average molecular weight is 496 g/mol. The molecule has 3 atom stereocenters. The Kier molecular flexibility index (Phi) is 6.37. The number of amides is 1. The van der Waals surface area contributed by atoms with Crippen LogP contribution in [0.15, 0.2) is 85.2 Å². The molecule has 172 valence electrons. The van der Waals surface area contributed by atoms with Crippen LogP contribution in [0.3, 0.4) is 0 Å². The number of morpholine rings is 1. The first kappa shape index (κ1) is 22.6. The number of halogens is 3. The molecule has 1 fully saturated rings. The Morgan fingerprint density at radius 2 is 1.53 bits per heavy atom. The summed E-state index contributed by atoms with van der Waals surface area (Å²) in [5.74, 6) is -0.544. The first-order valence-corrected chi connectivity index (χ1v) is 11.5. The van der Waals surface area contributed by atoms with Gasteiger partial charge in [0.05, 0.1) is 17.9 Å². The third kappa shape index (κ3) is 4.57. The van der Waals surface area contributed by atoms with Gasteiger partial charge in [-0.05, 0) is 53.1 Å². The first-order valence-electron chi connectivity index (χ1n) is 10.7. The van der Waals surface area contributed by atoms with Crippen LogP contribution >= 0.6 is 23.2 Å². The summed E-state index contributed by atoms with van der Waals surface area (Å²) in [6, 6.07) is 20.4. The lowest BCUT2D eigenvalue weighted by Gasteiger charge is -2.44. The topological polar surface area (TPSA) is 58.2 Å². The Morgan fingerprint density at radius 3 is 2.12 bits per heavy atom. The van der Waals surface area contributed by atoms with Crippen LogP contribution in [0.4, 0.5) is 10.1 Å². The summed E-state index contributed by atoms with van der Waals surface area (Å²) >= 11 is 12.3. The predicted molar refractivity (Wildman–Crippen MR) is 129 cm³/mol.